The SMILES string of the molecule is CC1Oc2cc(N3CCCC3=O)ccc2-c2cnc(Nc3cncc(NC(=O)OC(C)(C)C)c3)cc21. The fourth-order valence-electron chi connectivity index (χ4n) is 4.42. The lowest BCUT2D eigenvalue weighted by Crippen LogP contribution is -2.27. The molecule has 9 heteroatoms. The van der Waals surface area contributed by atoms with E-state index in [1.165, 1.54) is 0 Å². The summed E-state index contributed by atoms with van der Waals surface area (Å²) in [6.07, 6.45) is 5.75. The maximum atomic E-state index is 12.2. The van der Waals surface area contributed by atoms with Crippen LogP contribution in [0, 0.1) is 0 Å². The molecule has 1 unspecified atom stereocenters. The van der Waals surface area contributed by atoms with Crippen LogP contribution in [0.5, 0.6) is 5.75 Å². The Balaban J connectivity index is 1.35. The smallest absolute Gasteiger partial charge is 0.412 e. The number of carbonyl (C=O) groups is 2. The third-order valence-electron chi connectivity index (χ3n) is 5.97. The predicted octanol–water partition coefficient (Wildman–Crippen LogP) is 5.81. The van der Waals surface area contributed by atoms with E-state index in [0.717, 1.165) is 41.1 Å². The third-order valence-corrected chi connectivity index (χ3v) is 5.97. The number of amides is 2. The van der Waals surface area contributed by atoms with Gasteiger partial charge in [0.1, 0.15) is 23.3 Å². The van der Waals surface area contributed by atoms with Crippen molar-refractivity contribution < 1.29 is 19.1 Å². The molecule has 0 bridgehead atoms. The molecule has 36 heavy (non-hydrogen) atoms. The van der Waals surface area contributed by atoms with Crippen LogP contribution in [0.2, 0.25) is 0 Å². The number of benzene rings is 1. The molecule has 186 valence electrons. The topological polar surface area (TPSA) is 106 Å². The van der Waals surface area contributed by atoms with Gasteiger partial charge in [0.2, 0.25) is 5.91 Å². The number of anilines is 4. The summed E-state index contributed by atoms with van der Waals surface area (Å²) in [5.74, 6) is 1.53. The summed E-state index contributed by atoms with van der Waals surface area (Å²) in [4.78, 5) is 34.8. The molecule has 1 fully saturated rings. The zero-order valence-electron chi connectivity index (χ0n) is 20.8. The van der Waals surface area contributed by atoms with Crippen molar-refractivity contribution >= 4 is 34.9 Å². The summed E-state index contributed by atoms with van der Waals surface area (Å²) in [7, 11) is 0. The fraction of sp³-hybridized carbons (Fsp3) is 0.333. The van der Waals surface area contributed by atoms with Crippen molar-refractivity contribution in [2.24, 2.45) is 0 Å². The first-order chi connectivity index (χ1) is 17.2. The molecule has 1 saturated heterocycles. The number of nitrogens with one attached hydrogen (secondary N) is 2. The highest BCUT2D eigenvalue weighted by molar-refractivity contribution is 5.96. The van der Waals surface area contributed by atoms with Crippen molar-refractivity contribution in [1.29, 1.82) is 0 Å². The molecule has 0 aliphatic carbocycles. The Morgan fingerprint density at radius 1 is 1.11 bits per heavy atom. The molecule has 9 nitrogen and oxygen atoms in total. The van der Waals surface area contributed by atoms with Crippen molar-refractivity contribution in [1.82, 2.24) is 9.97 Å². The Hall–Kier alpha value is -4.14. The first kappa shape index (κ1) is 23.6. The van der Waals surface area contributed by atoms with Crippen LogP contribution in [0.1, 0.15) is 52.2 Å². The number of hydrogen-bond donors (Lipinski definition) is 2. The van der Waals surface area contributed by atoms with Gasteiger partial charge in [0.05, 0.1) is 23.8 Å². The molecule has 2 N–H and O–H groups in total. The number of hydrogen-bond acceptors (Lipinski definition) is 7. The maximum absolute atomic E-state index is 12.2. The van der Waals surface area contributed by atoms with E-state index in [9.17, 15) is 9.59 Å². The Morgan fingerprint density at radius 2 is 1.92 bits per heavy atom. The van der Waals surface area contributed by atoms with E-state index >= 15 is 0 Å². The van der Waals surface area contributed by atoms with E-state index < -0.39 is 11.7 Å². The number of nitrogens with zero attached hydrogens (tertiary/aromatic N) is 3. The highest BCUT2D eigenvalue weighted by atomic mass is 16.6. The summed E-state index contributed by atoms with van der Waals surface area (Å²) < 4.78 is 11.5. The molecule has 2 aliphatic rings. The number of rotatable bonds is 4. The first-order valence-corrected chi connectivity index (χ1v) is 12.0. The maximum Gasteiger partial charge on any atom is 0.412 e. The molecular formula is C27H29N5O4. The lowest BCUT2D eigenvalue weighted by atomic mass is 9.94. The van der Waals surface area contributed by atoms with Gasteiger partial charge < -0.3 is 19.7 Å². The third kappa shape index (κ3) is 4.95. The second kappa shape index (κ2) is 9.14. The molecule has 0 spiro atoms. The van der Waals surface area contributed by atoms with Crippen molar-refractivity contribution in [3.8, 4) is 16.9 Å². The molecule has 2 amide bonds. The van der Waals surface area contributed by atoms with Gasteiger partial charge in [-0.25, -0.2) is 9.78 Å². The van der Waals surface area contributed by atoms with Crippen molar-refractivity contribution in [3.05, 3.63) is 54.5 Å². The molecule has 5 rings (SSSR count). The highest BCUT2D eigenvalue weighted by Crippen LogP contribution is 2.44. The van der Waals surface area contributed by atoms with E-state index in [4.69, 9.17) is 9.47 Å². The Kier molecular flexibility index (Phi) is 5.99. The van der Waals surface area contributed by atoms with Gasteiger partial charge in [-0.05, 0) is 58.4 Å². The van der Waals surface area contributed by atoms with E-state index in [1.54, 1.807) is 39.2 Å². The second-order valence-corrected chi connectivity index (χ2v) is 9.96. The first-order valence-electron chi connectivity index (χ1n) is 12.0. The Bertz CT molecular complexity index is 1330. The number of fused-ring (bicyclic) bond motifs is 3. The van der Waals surface area contributed by atoms with Crippen LogP contribution in [0.4, 0.5) is 27.7 Å². The van der Waals surface area contributed by atoms with Crippen LogP contribution in [-0.4, -0.2) is 34.1 Å². The quantitative estimate of drug-likeness (QED) is 0.478. The lowest BCUT2D eigenvalue weighted by molar-refractivity contribution is -0.117. The Labute approximate surface area is 209 Å². The molecule has 1 aromatic carbocycles. The molecular weight excluding hydrogens is 458 g/mol. The molecule has 0 saturated carbocycles. The normalized spacial score (nSPS) is 16.6. The second-order valence-electron chi connectivity index (χ2n) is 9.96. The summed E-state index contributed by atoms with van der Waals surface area (Å²) in [5, 5.41) is 5.94. The van der Waals surface area contributed by atoms with Crippen LogP contribution >= 0.6 is 0 Å². The highest BCUT2D eigenvalue weighted by Gasteiger charge is 2.27. The summed E-state index contributed by atoms with van der Waals surface area (Å²) in [6, 6.07) is 9.61. The lowest BCUT2D eigenvalue weighted by Gasteiger charge is -2.28. The monoisotopic (exact) mass is 487 g/mol. The molecule has 3 aromatic rings. The minimum Gasteiger partial charge on any atom is -0.485 e. The number of ether oxygens (including phenoxy) is 2. The molecule has 1 atom stereocenters. The molecule has 2 aromatic heterocycles. The van der Waals surface area contributed by atoms with Gasteiger partial charge in [-0.1, -0.05) is 0 Å². The van der Waals surface area contributed by atoms with E-state index in [0.29, 0.717) is 23.6 Å². The Morgan fingerprint density at radius 3 is 2.67 bits per heavy atom. The minimum absolute atomic E-state index is 0.149. The van der Waals surface area contributed by atoms with Crippen molar-refractivity contribution in [2.75, 3.05) is 22.1 Å². The van der Waals surface area contributed by atoms with Gasteiger partial charge in [-0.15, -0.1) is 0 Å². The van der Waals surface area contributed by atoms with Crippen LogP contribution in [0.25, 0.3) is 11.1 Å². The minimum atomic E-state index is -0.592. The van der Waals surface area contributed by atoms with Gasteiger partial charge >= 0.3 is 6.09 Å². The average Bonchev–Trinajstić information content (AvgIpc) is 3.24. The average molecular weight is 488 g/mol. The van der Waals surface area contributed by atoms with Gasteiger partial charge in [-0.2, -0.15) is 0 Å². The van der Waals surface area contributed by atoms with Crippen LogP contribution in [-0.2, 0) is 9.53 Å². The standard InChI is InChI=1S/C27H29N5O4/c1-16-21-12-24(30-17-10-18(14-28-13-17)31-26(34)36-27(2,3)4)29-15-22(21)20-8-7-19(11-23(20)35-16)32-9-5-6-25(32)33/h7-8,10-16H,5-6,9H2,1-4H3,(H,29,30)(H,31,34). The van der Waals surface area contributed by atoms with Crippen LogP contribution in [0.3, 0.4) is 0 Å². The van der Waals surface area contributed by atoms with E-state index in [-0.39, 0.29) is 12.0 Å². The van der Waals surface area contributed by atoms with Crippen molar-refractivity contribution in [2.45, 2.75) is 52.2 Å². The zero-order valence-corrected chi connectivity index (χ0v) is 20.8. The molecule has 2 aliphatic heterocycles. The largest absolute Gasteiger partial charge is 0.485 e. The predicted molar refractivity (Wildman–Crippen MR) is 138 cm³/mol. The van der Waals surface area contributed by atoms with Crippen molar-refractivity contribution in [3.63, 3.8) is 0 Å². The fourth-order valence-corrected chi connectivity index (χ4v) is 4.42. The summed E-state index contributed by atoms with van der Waals surface area (Å²) in [6.45, 7) is 8.15. The summed E-state index contributed by atoms with van der Waals surface area (Å²) >= 11 is 0. The van der Waals surface area contributed by atoms with Gasteiger partial charge in [0.25, 0.3) is 0 Å². The number of pyridine rings is 2. The van der Waals surface area contributed by atoms with Crippen LogP contribution < -0.4 is 20.3 Å². The zero-order chi connectivity index (χ0) is 25.4. The van der Waals surface area contributed by atoms with Crippen LogP contribution in [0.15, 0.2) is 48.9 Å². The number of aromatic nitrogens is 2. The molecule has 4 heterocycles. The van der Waals surface area contributed by atoms with Gasteiger partial charge in [-0.3, -0.25) is 15.1 Å². The molecule has 0 radical (unpaired) electrons. The van der Waals surface area contributed by atoms with Gasteiger partial charge in [0.15, 0.2) is 0 Å². The van der Waals surface area contributed by atoms with E-state index in [1.807, 2.05) is 42.3 Å². The van der Waals surface area contributed by atoms with E-state index in [2.05, 4.69) is 20.6 Å². The number of carbonyl (C=O) groups excluding carboxylic acids is 2. The van der Waals surface area contributed by atoms with Gasteiger partial charge in [0, 0.05) is 47.6 Å². The summed E-state index contributed by atoms with van der Waals surface area (Å²) in [5.41, 5.74) is 4.39.